The molecule has 0 aliphatic heterocycles. The van der Waals surface area contributed by atoms with Crippen LogP contribution in [0, 0.1) is 10.1 Å². The lowest BCUT2D eigenvalue weighted by atomic mass is 10.2. The molecule has 0 N–H and O–H groups in total. The maximum absolute atomic E-state index is 12.2. The van der Waals surface area contributed by atoms with E-state index in [1.807, 2.05) is 13.8 Å². The summed E-state index contributed by atoms with van der Waals surface area (Å²) in [7, 11) is 0. The van der Waals surface area contributed by atoms with Gasteiger partial charge in [0.05, 0.1) is 16.5 Å². The van der Waals surface area contributed by atoms with Gasteiger partial charge in [-0.25, -0.2) is 4.79 Å². The first-order valence-corrected chi connectivity index (χ1v) is 8.03. The van der Waals surface area contributed by atoms with Crippen LogP contribution in [0.15, 0.2) is 39.6 Å². The number of oxazole rings is 1. The van der Waals surface area contributed by atoms with Gasteiger partial charge in [-0.3, -0.25) is 19.5 Å². The molecule has 0 saturated carbocycles. The van der Waals surface area contributed by atoms with Crippen LogP contribution in [0.1, 0.15) is 26.7 Å². The number of nitro groups is 1. The number of benzene rings is 1. The molecule has 8 nitrogen and oxygen atoms in total. The van der Waals surface area contributed by atoms with Crippen LogP contribution in [0.2, 0.25) is 0 Å². The minimum Gasteiger partial charge on any atom is -0.407 e. The molecule has 1 amide bonds. The van der Waals surface area contributed by atoms with E-state index >= 15 is 0 Å². The van der Waals surface area contributed by atoms with Crippen molar-refractivity contribution >= 4 is 22.7 Å². The van der Waals surface area contributed by atoms with Crippen molar-refractivity contribution in [1.29, 1.82) is 0 Å². The number of hydrogen-bond acceptors (Lipinski definition) is 5. The Balaban J connectivity index is 2.07. The van der Waals surface area contributed by atoms with E-state index in [9.17, 15) is 19.7 Å². The number of carbonyl (C=O) groups excluding carboxylic acids is 1. The van der Waals surface area contributed by atoms with E-state index in [4.69, 9.17) is 4.42 Å². The summed E-state index contributed by atoms with van der Waals surface area (Å²) in [6, 6.07) is 4.04. The zero-order valence-corrected chi connectivity index (χ0v) is 14.4. The number of carbonyl (C=O) groups is 1. The lowest BCUT2D eigenvalue weighted by Crippen LogP contribution is -2.32. The Morgan fingerprint density at radius 3 is 2.76 bits per heavy atom. The molecule has 0 radical (unpaired) electrons. The van der Waals surface area contributed by atoms with E-state index in [-0.39, 0.29) is 17.2 Å². The summed E-state index contributed by atoms with van der Waals surface area (Å²) in [5.74, 6) is -0.584. The molecule has 0 aliphatic carbocycles. The quantitative estimate of drug-likeness (QED) is 0.415. The van der Waals surface area contributed by atoms with Crippen LogP contribution in [-0.2, 0) is 11.3 Å². The van der Waals surface area contributed by atoms with Gasteiger partial charge in [0.2, 0.25) is 5.91 Å². The predicted octanol–water partition coefficient (Wildman–Crippen LogP) is 2.71. The maximum atomic E-state index is 12.2. The van der Waals surface area contributed by atoms with E-state index in [2.05, 4.69) is 6.58 Å². The van der Waals surface area contributed by atoms with Crippen LogP contribution in [-0.4, -0.2) is 33.4 Å². The van der Waals surface area contributed by atoms with Gasteiger partial charge in [0.15, 0.2) is 5.58 Å². The molecule has 1 aromatic heterocycles. The van der Waals surface area contributed by atoms with Crippen molar-refractivity contribution in [3.05, 3.63) is 51.0 Å². The molecule has 0 unspecified atom stereocenters. The van der Waals surface area contributed by atoms with Crippen LogP contribution >= 0.6 is 0 Å². The molecule has 0 atom stereocenters. The van der Waals surface area contributed by atoms with Gasteiger partial charge in [0.1, 0.15) is 0 Å². The van der Waals surface area contributed by atoms with E-state index in [1.54, 1.807) is 4.90 Å². The van der Waals surface area contributed by atoms with Crippen molar-refractivity contribution < 1.29 is 14.1 Å². The molecule has 0 spiro atoms. The molecule has 1 heterocycles. The number of nitrogens with zero attached hydrogens (tertiary/aromatic N) is 3. The number of fused-ring (bicyclic) bond motifs is 1. The Bertz CT molecular complexity index is 865. The molecule has 0 aliphatic rings. The summed E-state index contributed by atoms with van der Waals surface area (Å²) in [4.78, 5) is 36.1. The highest BCUT2D eigenvalue weighted by atomic mass is 16.6. The highest BCUT2D eigenvalue weighted by Gasteiger charge is 2.15. The summed E-state index contributed by atoms with van der Waals surface area (Å²) in [5.41, 5.74) is 1.43. The average Bonchev–Trinajstić information content (AvgIpc) is 2.87. The molecule has 2 rings (SSSR count). The van der Waals surface area contributed by atoms with Gasteiger partial charge in [-0.2, -0.15) is 0 Å². The molecule has 2 aromatic rings. The average molecular weight is 347 g/mol. The molecule has 0 fully saturated rings. The van der Waals surface area contributed by atoms with Crippen molar-refractivity contribution in [2.24, 2.45) is 0 Å². The Hall–Kier alpha value is -2.90. The fraction of sp³-hybridized carbons (Fsp3) is 0.412. The number of non-ortho nitro benzene ring substituents is 1. The summed E-state index contributed by atoms with van der Waals surface area (Å²) in [6.07, 6.45) is 0.768. The second-order valence-electron chi connectivity index (χ2n) is 5.90. The summed E-state index contributed by atoms with van der Waals surface area (Å²) < 4.78 is 6.45. The molecule has 0 bridgehead atoms. The van der Waals surface area contributed by atoms with Gasteiger partial charge < -0.3 is 9.32 Å². The minimum absolute atomic E-state index is 0.00184. The number of aryl methyl sites for hydroxylation is 1. The van der Waals surface area contributed by atoms with Gasteiger partial charge in [-0.05, 0) is 26.3 Å². The van der Waals surface area contributed by atoms with E-state index in [1.165, 1.54) is 22.8 Å². The summed E-state index contributed by atoms with van der Waals surface area (Å²) >= 11 is 0. The van der Waals surface area contributed by atoms with Gasteiger partial charge in [-0.1, -0.05) is 12.2 Å². The van der Waals surface area contributed by atoms with Gasteiger partial charge >= 0.3 is 5.76 Å². The van der Waals surface area contributed by atoms with Crippen LogP contribution in [0.3, 0.4) is 0 Å². The first kappa shape index (κ1) is 18.4. The van der Waals surface area contributed by atoms with Crippen LogP contribution in [0.5, 0.6) is 0 Å². The Labute approximate surface area is 144 Å². The topological polar surface area (TPSA) is 98.6 Å². The molecule has 1 aromatic carbocycles. The third kappa shape index (κ3) is 4.34. The number of nitro benzene ring substituents is 1. The zero-order chi connectivity index (χ0) is 18.6. The highest BCUT2D eigenvalue weighted by Crippen LogP contribution is 2.20. The number of rotatable bonds is 8. The van der Waals surface area contributed by atoms with Gasteiger partial charge in [-0.15, -0.1) is 0 Å². The van der Waals surface area contributed by atoms with Crippen molar-refractivity contribution in [1.82, 2.24) is 9.47 Å². The third-order valence-corrected chi connectivity index (χ3v) is 3.83. The number of aromatic nitrogens is 1. The molecule has 25 heavy (non-hydrogen) atoms. The van der Waals surface area contributed by atoms with E-state index in [0.29, 0.717) is 38.0 Å². The Morgan fingerprint density at radius 1 is 1.44 bits per heavy atom. The smallest absolute Gasteiger partial charge is 0.407 e. The fourth-order valence-corrected chi connectivity index (χ4v) is 2.63. The lowest BCUT2D eigenvalue weighted by molar-refractivity contribution is -0.384. The van der Waals surface area contributed by atoms with E-state index in [0.717, 1.165) is 5.57 Å². The molecule has 0 saturated heterocycles. The SMILES string of the molecule is C=C(C)CN(CC)C(=O)CCCn1c(=O)oc2cc([N+](=O)[O-])ccc21. The first-order chi connectivity index (χ1) is 11.8. The monoisotopic (exact) mass is 347 g/mol. The van der Waals surface area contributed by atoms with Crippen LogP contribution < -0.4 is 5.76 Å². The lowest BCUT2D eigenvalue weighted by Gasteiger charge is -2.20. The summed E-state index contributed by atoms with van der Waals surface area (Å²) in [6.45, 7) is 9.01. The van der Waals surface area contributed by atoms with Crippen molar-refractivity contribution in [3.8, 4) is 0 Å². The standard InChI is InChI=1S/C17H21N3O5/c1-4-18(11-12(2)3)16(21)6-5-9-19-14-8-7-13(20(23)24)10-15(14)25-17(19)22/h7-8,10H,2,4-6,9,11H2,1,3H3. The second kappa shape index (κ2) is 7.78. The molecule has 8 heteroatoms. The fourth-order valence-electron chi connectivity index (χ4n) is 2.63. The second-order valence-corrected chi connectivity index (χ2v) is 5.90. The predicted molar refractivity (Wildman–Crippen MR) is 93.4 cm³/mol. The Kier molecular flexibility index (Phi) is 5.74. The van der Waals surface area contributed by atoms with Gasteiger partial charge in [0.25, 0.3) is 5.69 Å². The molecule has 134 valence electrons. The van der Waals surface area contributed by atoms with Crippen molar-refractivity contribution in [2.45, 2.75) is 33.2 Å². The van der Waals surface area contributed by atoms with Crippen LogP contribution in [0.4, 0.5) is 5.69 Å². The minimum atomic E-state index is -0.586. The normalized spacial score (nSPS) is 10.8. The number of hydrogen-bond donors (Lipinski definition) is 0. The van der Waals surface area contributed by atoms with Crippen molar-refractivity contribution in [3.63, 3.8) is 0 Å². The zero-order valence-electron chi connectivity index (χ0n) is 14.4. The highest BCUT2D eigenvalue weighted by molar-refractivity contribution is 5.77. The van der Waals surface area contributed by atoms with E-state index < -0.39 is 10.7 Å². The first-order valence-electron chi connectivity index (χ1n) is 8.03. The Morgan fingerprint density at radius 2 is 2.16 bits per heavy atom. The third-order valence-electron chi connectivity index (χ3n) is 3.83. The summed E-state index contributed by atoms with van der Waals surface area (Å²) in [5, 5.41) is 10.8. The van der Waals surface area contributed by atoms with Crippen molar-refractivity contribution in [2.75, 3.05) is 13.1 Å². The number of amides is 1. The van der Waals surface area contributed by atoms with Crippen LogP contribution in [0.25, 0.3) is 11.1 Å². The number of likely N-dealkylation sites (N-methyl/N-ethyl adjacent to an activating group) is 1. The molecular weight excluding hydrogens is 326 g/mol. The largest absolute Gasteiger partial charge is 0.419 e. The maximum Gasteiger partial charge on any atom is 0.419 e. The molecular formula is C17H21N3O5. The van der Waals surface area contributed by atoms with Gasteiger partial charge in [0, 0.05) is 32.1 Å².